The molecule has 0 saturated heterocycles. The van der Waals surface area contributed by atoms with Crippen molar-refractivity contribution < 1.29 is 22.7 Å². The van der Waals surface area contributed by atoms with Crippen molar-refractivity contribution in [3.63, 3.8) is 0 Å². The number of carbonyl (C=O) groups excluding carboxylic acids is 1. The van der Waals surface area contributed by atoms with Gasteiger partial charge in [0.25, 0.3) is 5.91 Å². The van der Waals surface area contributed by atoms with Gasteiger partial charge in [-0.2, -0.15) is 0 Å². The number of rotatable bonds is 7. The van der Waals surface area contributed by atoms with E-state index in [1.807, 2.05) is 12.1 Å². The molecule has 0 aliphatic heterocycles. The van der Waals surface area contributed by atoms with Gasteiger partial charge in [-0.05, 0) is 48.5 Å². The van der Waals surface area contributed by atoms with E-state index in [2.05, 4.69) is 26.0 Å². The van der Waals surface area contributed by atoms with Crippen molar-refractivity contribution in [2.24, 2.45) is 0 Å². The van der Waals surface area contributed by atoms with Gasteiger partial charge in [0.15, 0.2) is 0 Å². The Kier molecular flexibility index (Phi) is 6.63. The maximum atomic E-state index is 12.9. The fourth-order valence-electron chi connectivity index (χ4n) is 2.66. The number of carbonyl (C=O) groups is 1. The molecule has 0 spiro atoms. The van der Waals surface area contributed by atoms with Gasteiger partial charge in [-0.15, -0.1) is 0 Å². The van der Waals surface area contributed by atoms with Crippen LogP contribution in [0.1, 0.15) is 10.4 Å². The summed E-state index contributed by atoms with van der Waals surface area (Å²) in [6.07, 6.45) is 1.03. The maximum Gasteiger partial charge on any atom is 0.259 e. The second-order valence-electron chi connectivity index (χ2n) is 6.30. The average Bonchev–Trinajstić information content (AvgIpc) is 2.67. The van der Waals surface area contributed by atoms with E-state index >= 15 is 0 Å². The van der Waals surface area contributed by atoms with Crippen LogP contribution in [0.15, 0.2) is 71.2 Å². The summed E-state index contributed by atoms with van der Waals surface area (Å²) in [4.78, 5) is 12.9. The first kappa shape index (κ1) is 21.7. The Morgan fingerprint density at radius 3 is 2.43 bits per heavy atom. The number of amides is 1. The molecule has 0 atom stereocenters. The molecular weight excluding hydrogens is 472 g/mol. The first-order valence-electron chi connectivity index (χ1n) is 8.75. The number of benzene rings is 3. The highest BCUT2D eigenvalue weighted by atomic mass is 79.9. The van der Waals surface area contributed by atoms with E-state index in [0.29, 0.717) is 28.5 Å². The summed E-state index contributed by atoms with van der Waals surface area (Å²) < 4.78 is 37.4. The molecule has 0 unspecified atom stereocenters. The highest BCUT2D eigenvalue weighted by Crippen LogP contribution is 2.30. The minimum absolute atomic E-state index is 0.219. The highest BCUT2D eigenvalue weighted by Gasteiger charge is 2.15. The van der Waals surface area contributed by atoms with Crippen molar-refractivity contribution in [3.05, 3.63) is 76.8 Å². The first-order chi connectivity index (χ1) is 14.2. The van der Waals surface area contributed by atoms with E-state index in [-0.39, 0.29) is 5.69 Å². The summed E-state index contributed by atoms with van der Waals surface area (Å²) in [7, 11) is -2.09. The summed E-state index contributed by atoms with van der Waals surface area (Å²) in [6.45, 7) is 0. The molecule has 2 N–H and O–H groups in total. The number of hydrogen-bond donors (Lipinski definition) is 2. The van der Waals surface area contributed by atoms with Gasteiger partial charge in [0.2, 0.25) is 10.0 Å². The van der Waals surface area contributed by atoms with E-state index in [4.69, 9.17) is 9.47 Å². The lowest BCUT2D eigenvalue weighted by Gasteiger charge is -2.14. The number of ether oxygens (including phenoxy) is 2. The van der Waals surface area contributed by atoms with Crippen LogP contribution < -0.4 is 19.5 Å². The van der Waals surface area contributed by atoms with Crippen LogP contribution in [0.5, 0.6) is 17.2 Å². The summed E-state index contributed by atoms with van der Waals surface area (Å²) in [6, 6.07) is 18.8. The lowest BCUT2D eigenvalue weighted by Crippen LogP contribution is -2.14. The lowest BCUT2D eigenvalue weighted by molar-refractivity contribution is 0.102. The molecule has 0 aliphatic rings. The fourth-order valence-corrected chi connectivity index (χ4v) is 3.60. The van der Waals surface area contributed by atoms with Gasteiger partial charge in [0.05, 0.1) is 24.6 Å². The molecule has 0 aliphatic carbocycles. The number of hydrogen-bond acceptors (Lipinski definition) is 5. The zero-order chi connectivity index (χ0) is 21.7. The molecule has 0 saturated carbocycles. The van der Waals surface area contributed by atoms with Crippen LogP contribution in [0.4, 0.5) is 11.4 Å². The van der Waals surface area contributed by atoms with Crippen molar-refractivity contribution in [2.45, 2.75) is 0 Å². The summed E-state index contributed by atoms with van der Waals surface area (Å²) in [5.74, 6) is 0.887. The third kappa shape index (κ3) is 5.74. The smallest absolute Gasteiger partial charge is 0.259 e. The van der Waals surface area contributed by atoms with Gasteiger partial charge in [-0.3, -0.25) is 9.52 Å². The fraction of sp³-hybridized carbons (Fsp3) is 0.0952. The SMILES string of the molecule is COc1ccc(NC(=O)c2ccccc2Oc2cccc(Br)c2)cc1NS(C)(=O)=O. The van der Waals surface area contributed by atoms with Crippen molar-refractivity contribution in [1.29, 1.82) is 0 Å². The standard InChI is InChI=1S/C21H19BrN2O5S/c1-28-20-11-10-15(13-18(20)24-30(2,26)27)23-21(25)17-8-3-4-9-19(17)29-16-7-5-6-14(22)12-16/h3-13,24H,1-2H3,(H,23,25). The highest BCUT2D eigenvalue weighted by molar-refractivity contribution is 9.10. The van der Waals surface area contributed by atoms with Gasteiger partial charge < -0.3 is 14.8 Å². The average molecular weight is 491 g/mol. The zero-order valence-corrected chi connectivity index (χ0v) is 18.6. The Morgan fingerprint density at radius 1 is 0.967 bits per heavy atom. The number of sulfonamides is 1. The van der Waals surface area contributed by atoms with E-state index in [0.717, 1.165) is 10.7 Å². The van der Waals surface area contributed by atoms with E-state index in [1.54, 1.807) is 48.5 Å². The number of anilines is 2. The quantitative estimate of drug-likeness (QED) is 0.492. The predicted molar refractivity (Wildman–Crippen MR) is 120 cm³/mol. The molecule has 0 bridgehead atoms. The van der Waals surface area contributed by atoms with Crippen LogP contribution >= 0.6 is 15.9 Å². The Hall–Kier alpha value is -3.04. The summed E-state index contributed by atoms with van der Waals surface area (Å²) >= 11 is 3.39. The first-order valence-corrected chi connectivity index (χ1v) is 11.4. The molecule has 0 radical (unpaired) electrons. The van der Waals surface area contributed by atoms with Crippen LogP contribution in [-0.2, 0) is 10.0 Å². The Labute approximate surface area is 183 Å². The van der Waals surface area contributed by atoms with Gasteiger partial charge in [0.1, 0.15) is 17.2 Å². The van der Waals surface area contributed by atoms with Crippen molar-refractivity contribution in [2.75, 3.05) is 23.4 Å². The molecule has 30 heavy (non-hydrogen) atoms. The second-order valence-corrected chi connectivity index (χ2v) is 8.96. The van der Waals surface area contributed by atoms with E-state index < -0.39 is 15.9 Å². The third-order valence-electron chi connectivity index (χ3n) is 3.91. The summed E-state index contributed by atoms with van der Waals surface area (Å²) in [5.41, 5.74) is 0.937. The van der Waals surface area contributed by atoms with Crippen molar-refractivity contribution >= 4 is 43.2 Å². The molecule has 3 aromatic carbocycles. The van der Waals surface area contributed by atoms with E-state index in [9.17, 15) is 13.2 Å². The lowest BCUT2D eigenvalue weighted by atomic mass is 10.1. The number of nitrogens with one attached hydrogen (secondary N) is 2. The Bertz CT molecular complexity index is 1180. The predicted octanol–water partition coefficient (Wildman–Crippen LogP) is 4.87. The summed E-state index contributed by atoms with van der Waals surface area (Å²) in [5, 5.41) is 2.75. The number of methoxy groups -OCH3 is 1. The van der Waals surface area contributed by atoms with Crippen LogP contribution in [0.25, 0.3) is 0 Å². The van der Waals surface area contributed by atoms with Gasteiger partial charge in [0, 0.05) is 10.2 Å². The molecule has 9 heteroatoms. The monoisotopic (exact) mass is 490 g/mol. The van der Waals surface area contributed by atoms with Crippen molar-refractivity contribution in [3.8, 4) is 17.2 Å². The minimum Gasteiger partial charge on any atom is -0.495 e. The van der Waals surface area contributed by atoms with Gasteiger partial charge >= 0.3 is 0 Å². The van der Waals surface area contributed by atoms with Crippen LogP contribution in [-0.4, -0.2) is 27.7 Å². The molecular formula is C21H19BrN2O5S. The topological polar surface area (TPSA) is 93.7 Å². The molecule has 3 aromatic rings. The molecule has 3 rings (SSSR count). The molecule has 7 nitrogen and oxygen atoms in total. The normalized spacial score (nSPS) is 10.9. The van der Waals surface area contributed by atoms with Crippen molar-refractivity contribution in [1.82, 2.24) is 0 Å². The number of para-hydroxylation sites is 1. The molecule has 0 aromatic heterocycles. The number of halogens is 1. The minimum atomic E-state index is -3.52. The van der Waals surface area contributed by atoms with Crippen LogP contribution in [0.2, 0.25) is 0 Å². The Balaban J connectivity index is 1.85. The maximum absolute atomic E-state index is 12.9. The molecule has 1 amide bonds. The second kappa shape index (κ2) is 9.19. The zero-order valence-electron chi connectivity index (χ0n) is 16.2. The van der Waals surface area contributed by atoms with Crippen LogP contribution in [0.3, 0.4) is 0 Å². The van der Waals surface area contributed by atoms with Gasteiger partial charge in [-0.25, -0.2) is 8.42 Å². The Morgan fingerprint density at radius 2 is 1.73 bits per heavy atom. The molecule has 0 heterocycles. The van der Waals surface area contributed by atoms with Crippen LogP contribution in [0, 0.1) is 0 Å². The van der Waals surface area contributed by atoms with Gasteiger partial charge in [-0.1, -0.05) is 34.1 Å². The largest absolute Gasteiger partial charge is 0.495 e. The molecule has 156 valence electrons. The third-order valence-corrected chi connectivity index (χ3v) is 4.99. The van der Waals surface area contributed by atoms with E-state index in [1.165, 1.54) is 13.2 Å². The molecule has 0 fully saturated rings.